The first kappa shape index (κ1) is 24.9. The van der Waals surface area contributed by atoms with Gasteiger partial charge in [-0.2, -0.15) is 0 Å². The zero-order valence-corrected chi connectivity index (χ0v) is 20.8. The molecule has 0 spiro atoms. The van der Waals surface area contributed by atoms with Crippen LogP contribution >= 0.6 is 0 Å². The molecule has 172 valence electrons. The van der Waals surface area contributed by atoms with E-state index in [1.807, 2.05) is 48.1 Å². The molecule has 1 heterocycles. The van der Waals surface area contributed by atoms with E-state index in [0.717, 1.165) is 33.2 Å². The number of aliphatic hydroxyl groups is 2. The third-order valence-corrected chi connectivity index (χ3v) is 5.68. The number of aryl methyl sites for hydroxylation is 1. The van der Waals surface area contributed by atoms with Gasteiger partial charge in [0, 0.05) is 22.6 Å². The van der Waals surface area contributed by atoms with Crippen LogP contribution in [0.1, 0.15) is 11.1 Å². The summed E-state index contributed by atoms with van der Waals surface area (Å²) in [5.41, 5.74) is 5.76. The summed E-state index contributed by atoms with van der Waals surface area (Å²) < 4.78 is 26.7. The molecule has 0 atom stereocenters. The first-order valence-corrected chi connectivity index (χ1v) is 10.2. The fourth-order valence-corrected chi connectivity index (χ4v) is 4.03. The molecule has 0 amide bonds. The fourth-order valence-electron chi connectivity index (χ4n) is 4.03. The highest BCUT2D eigenvalue weighted by Gasteiger charge is 2.18. The molecule has 0 aliphatic carbocycles. The predicted octanol–water partition coefficient (Wildman–Crippen LogP) is 1.14. The van der Waals surface area contributed by atoms with Gasteiger partial charge in [-0.1, -0.05) is 12.1 Å². The van der Waals surface area contributed by atoms with Gasteiger partial charge in [0.15, 0.2) is 17.7 Å². The molecule has 4 rings (SSSR count). The second-order valence-electron chi connectivity index (χ2n) is 7.60. The molecule has 0 radical (unpaired) electrons. The lowest BCUT2D eigenvalue weighted by Crippen LogP contribution is -3.00. The Labute approximate surface area is 209 Å². The number of fused-ring (bicyclic) bond motifs is 1. The first-order valence-electron chi connectivity index (χ1n) is 10.2. The van der Waals surface area contributed by atoms with Crippen LogP contribution in [0.4, 0.5) is 4.39 Å². The van der Waals surface area contributed by atoms with E-state index in [0.29, 0.717) is 22.6 Å². The Morgan fingerprint density at radius 2 is 1.48 bits per heavy atom. The van der Waals surface area contributed by atoms with Crippen molar-refractivity contribution in [3.63, 3.8) is 0 Å². The number of aromatic nitrogens is 1. The second-order valence-corrected chi connectivity index (χ2v) is 7.60. The Balaban J connectivity index is 0.00000306. The van der Waals surface area contributed by atoms with Crippen molar-refractivity contribution in [3.05, 3.63) is 77.7 Å². The van der Waals surface area contributed by atoms with Crippen LogP contribution in [0, 0.1) is 5.82 Å². The van der Waals surface area contributed by atoms with E-state index in [2.05, 4.69) is 0 Å². The van der Waals surface area contributed by atoms with Crippen molar-refractivity contribution >= 4 is 10.9 Å². The van der Waals surface area contributed by atoms with Crippen molar-refractivity contribution in [2.24, 2.45) is 7.05 Å². The van der Waals surface area contributed by atoms with E-state index in [-0.39, 0.29) is 43.0 Å². The van der Waals surface area contributed by atoms with Crippen LogP contribution < -0.4 is 38.0 Å². The minimum atomic E-state index is -0.306. The zero-order valence-electron chi connectivity index (χ0n) is 18.6. The molecule has 33 heavy (non-hydrogen) atoms. The smallest absolute Gasteiger partial charge is 0.212 e. The van der Waals surface area contributed by atoms with Gasteiger partial charge in [-0.25, -0.2) is 8.96 Å². The van der Waals surface area contributed by atoms with Gasteiger partial charge in [0.05, 0.1) is 27.4 Å². The van der Waals surface area contributed by atoms with E-state index in [9.17, 15) is 14.6 Å². The molecule has 0 saturated carbocycles. The lowest BCUT2D eigenvalue weighted by molar-refractivity contribution is -0.644. The van der Waals surface area contributed by atoms with Crippen molar-refractivity contribution < 1.29 is 52.6 Å². The van der Waals surface area contributed by atoms with Gasteiger partial charge in [0.2, 0.25) is 5.52 Å². The number of benzene rings is 3. The number of pyridine rings is 1. The van der Waals surface area contributed by atoms with Crippen molar-refractivity contribution in [2.75, 3.05) is 14.2 Å². The summed E-state index contributed by atoms with van der Waals surface area (Å²) in [7, 11) is 5.10. The van der Waals surface area contributed by atoms with Gasteiger partial charge in [-0.15, -0.1) is 0 Å². The predicted molar refractivity (Wildman–Crippen MR) is 121 cm³/mol. The quantitative estimate of drug-likeness (QED) is 0.274. The molecule has 0 fully saturated rings. The minimum absolute atomic E-state index is 0. The standard InChI is InChI=1S/C26H25FNO4.HI/c1-28-13-19(8-18-9-20(14-29)21(15-30)11-24(18)28)17-10-23(16-4-6-22(27)7-5-16)26(32-3)25(12-17)31-2;/h4-13,29-30H,14-15H2,1-3H3;1H/q+1;/p-1. The maximum atomic E-state index is 13.5. The van der Waals surface area contributed by atoms with E-state index < -0.39 is 0 Å². The SMILES string of the molecule is COc1cc(-c2cc3cc(CO)c(CO)cc3[n+](C)c2)cc(-c2ccc(F)cc2)c1OC.[I-]. The molecule has 1 aromatic heterocycles. The highest BCUT2D eigenvalue weighted by molar-refractivity contribution is 5.85. The van der Waals surface area contributed by atoms with Crippen LogP contribution in [0.25, 0.3) is 33.2 Å². The van der Waals surface area contributed by atoms with Gasteiger partial charge >= 0.3 is 0 Å². The maximum Gasteiger partial charge on any atom is 0.212 e. The van der Waals surface area contributed by atoms with Gasteiger partial charge in [0.25, 0.3) is 0 Å². The van der Waals surface area contributed by atoms with Crippen LogP contribution in [0.3, 0.4) is 0 Å². The zero-order chi connectivity index (χ0) is 22.8. The van der Waals surface area contributed by atoms with Gasteiger partial charge in [-0.3, -0.25) is 0 Å². The first-order chi connectivity index (χ1) is 15.5. The lowest BCUT2D eigenvalue weighted by Gasteiger charge is -2.16. The Bertz CT molecular complexity index is 1290. The number of hydrogen-bond acceptors (Lipinski definition) is 4. The summed E-state index contributed by atoms with van der Waals surface area (Å²) in [5.74, 6) is 0.834. The Morgan fingerprint density at radius 1 is 0.818 bits per heavy atom. The summed E-state index contributed by atoms with van der Waals surface area (Å²) in [4.78, 5) is 0. The van der Waals surface area contributed by atoms with Crippen LogP contribution in [0.2, 0.25) is 0 Å². The Morgan fingerprint density at radius 3 is 2.09 bits per heavy atom. The minimum Gasteiger partial charge on any atom is -1.00 e. The topological polar surface area (TPSA) is 62.8 Å². The number of halogens is 2. The van der Waals surface area contributed by atoms with Gasteiger partial charge in [-0.05, 0) is 58.7 Å². The molecular weight excluding hydrogens is 536 g/mol. The number of aliphatic hydroxyl groups excluding tert-OH is 2. The molecule has 4 aromatic rings. The lowest BCUT2D eigenvalue weighted by atomic mass is 9.96. The summed E-state index contributed by atoms with van der Waals surface area (Å²) in [6.07, 6.45) is 2.00. The molecule has 7 heteroatoms. The number of methoxy groups -OCH3 is 2. The van der Waals surface area contributed by atoms with Crippen LogP contribution in [0.5, 0.6) is 11.5 Å². The van der Waals surface area contributed by atoms with Crippen LogP contribution in [-0.2, 0) is 20.3 Å². The largest absolute Gasteiger partial charge is 1.00 e. The number of ether oxygens (including phenoxy) is 2. The summed E-state index contributed by atoms with van der Waals surface area (Å²) >= 11 is 0. The molecule has 0 saturated heterocycles. The average Bonchev–Trinajstić information content (AvgIpc) is 2.82. The molecule has 2 N–H and O–H groups in total. The molecular formula is C26H25FINO4. The highest BCUT2D eigenvalue weighted by atomic mass is 127. The average molecular weight is 561 g/mol. The monoisotopic (exact) mass is 561 g/mol. The third kappa shape index (κ3) is 4.80. The van der Waals surface area contributed by atoms with Gasteiger partial charge < -0.3 is 43.7 Å². The fraction of sp³-hybridized carbons (Fsp3) is 0.192. The Hall–Kier alpha value is -2.75. The number of rotatable bonds is 6. The van der Waals surface area contributed by atoms with E-state index in [1.165, 1.54) is 12.1 Å². The normalized spacial score (nSPS) is 10.7. The molecule has 0 bridgehead atoms. The Kier molecular flexibility index (Phi) is 7.88. The highest BCUT2D eigenvalue weighted by Crippen LogP contribution is 2.42. The van der Waals surface area contributed by atoms with Crippen molar-refractivity contribution in [1.82, 2.24) is 0 Å². The molecule has 0 aliphatic heterocycles. The second kappa shape index (κ2) is 10.5. The van der Waals surface area contributed by atoms with Crippen molar-refractivity contribution in [2.45, 2.75) is 13.2 Å². The van der Waals surface area contributed by atoms with Crippen LogP contribution in [0.15, 0.2) is 60.8 Å². The summed E-state index contributed by atoms with van der Waals surface area (Å²) in [5, 5.41) is 20.3. The van der Waals surface area contributed by atoms with Gasteiger partial charge in [0.1, 0.15) is 12.9 Å². The molecule has 3 aromatic carbocycles. The van der Waals surface area contributed by atoms with Crippen molar-refractivity contribution in [1.29, 1.82) is 0 Å². The summed E-state index contributed by atoms with van der Waals surface area (Å²) in [6, 6.07) is 16.0. The number of hydrogen-bond donors (Lipinski definition) is 2. The molecule has 0 aliphatic rings. The third-order valence-electron chi connectivity index (χ3n) is 5.68. The van der Waals surface area contributed by atoms with E-state index in [4.69, 9.17) is 9.47 Å². The summed E-state index contributed by atoms with van der Waals surface area (Å²) in [6.45, 7) is -0.283. The van der Waals surface area contributed by atoms with Crippen LogP contribution in [-0.4, -0.2) is 24.4 Å². The molecule has 0 unspecified atom stereocenters. The van der Waals surface area contributed by atoms with E-state index in [1.54, 1.807) is 26.4 Å². The maximum absolute atomic E-state index is 13.5. The molecule has 5 nitrogen and oxygen atoms in total. The van der Waals surface area contributed by atoms with Crippen molar-refractivity contribution in [3.8, 4) is 33.8 Å². The van der Waals surface area contributed by atoms with E-state index >= 15 is 0 Å². The number of nitrogens with zero attached hydrogens (tertiary/aromatic N) is 1.